The van der Waals surface area contributed by atoms with Crippen molar-refractivity contribution in [2.24, 2.45) is 0 Å². The molecule has 19 heavy (non-hydrogen) atoms. The molecule has 1 fully saturated rings. The molecule has 3 nitrogen and oxygen atoms in total. The first kappa shape index (κ1) is 16.5. The number of halogens is 2. The maximum Gasteiger partial charge on any atom is 0.251 e. The van der Waals surface area contributed by atoms with Crippen LogP contribution in [0.4, 0.5) is 0 Å². The van der Waals surface area contributed by atoms with Gasteiger partial charge in [0.05, 0.1) is 0 Å². The third-order valence-electron chi connectivity index (χ3n) is 3.36. The molecule has 0 unspecified atom stereocenters. The number of hydrogen-bond donors (Lipinski definition) is 2. The molecule has 1 aliphatic heterocycles. The number of amides is 1. The summed E-state index contributed by atoms with van der Waals surface area (Å²) in [6, 6.07) is 6.26. The summed E-state index contributed by atoms with van der Waals surface area (Å²) in [6.07, 6.45) is 3.50. The zero-order valence-electron chi connectivity index (χ0n) is 11.0. The Bertz CT molecular complexity index is 433. The van der Waals surface area contributed by atoms with E-state index in [9.17, 15) is 4.79 Å². The van der Waals surface area contributed by atoms with Crippen molar-refractivity contribution in [3.63, 3.8) is 0 Å². The highest BCUT2D eigenvalue weighted by atomic mass is 79.9. The fourth-order valence-electron chi connectivity index (χ4n) is 2.25. The number of carbonyl (C=O) groups is 1. The van der Waals surface area contributed by atoms with Gasteiger partial charge >= 0.3 is 0 Å². The Hall–Kier alpha value is -0.580. The lowest BCUT2D eigenvalue weighted by Crippen LogP contribution is -2.30. The summed E-state index contributed by atoms with van der Waals surface area (Å²) in [4.78, 5) is 11.9. The van der Waals surface area contributed by atoms with E-state index in [-0.39, 0.29) is 18.3 Å². The monoisotopic (exact) mass is 346 g/mol. The van der Waals surface area contributed by atoms with E-state index in [0.717, 1.165) is 35.1 Å². The second kappa shape index (κ2) is 7.88. The lowest BCUT2D eigenvalue weighted by atomic mass is 10.1. The third-order valence-corrected chi connectivity index (χ3v) is 4.25. The van der Waals surface area contributed by atoms with Crippen LogP contribution >= 0.6 is 28.3 Å². The zero-order chi connectivity index (χ0) is 13.0. The number of carbonyl (C=O) groups excluding carboxylic acids is 1. The Morgan fingerprint density at radius 3 is 2.95 bits per heavy atom. The maximum absolute atomic E-state index is 11.9. The molecule has 1 aromatic rings. The smallest absolute Gasteiger partial charge is 0.251 e. The molecular formula is C14H20BrClN2O. The highest BCUT2D eigenvalue weighted by molar-refractivity contribution is 9.10. The van der Waals surface area contributed by atoms with Crippen molar-refractivity contribution < 1.29 is 4.79 Å². The van der Waals surface area contributed by atoms with Crippen molar-refractivity contribution in [1.82, 2.24) is 10.6 Å². The first-order valence-electron chi connectivity index (χ1n) is 6.44. The van der Waals surface area contributed by atoms with E-state index < -0.39 is 0 Å². The Balaban J connectivity index is 0.00000180. The maximum atomic E-state index is 11.9. The van der Waals surface area contributed by atoms with Crippen molar-refractivity contribution in [2.75, 3.05) is 13.1 Å². The molecule has 1 atom stereocenters. The molecule has 0 aliphatic carbocycles. The molecule has 1 aromatic carbocycles. The van der Waals surface area contributed by atoms with Gasteiger partial charge in [0.2, 0.25) is 0 Å². The van der Waals surface area contributed by atoms with E-state index in [2.05, 4.69) is 26.6 Å². The van der Waals surface area contributed by atoms with E-state index in [1.54, 1.807) is 0 Å². The minimum atomic E-state index is 0. The van der Waals surface area contributed by atoms with Crippen LogP contribution in [0.25, 0.3) is 0 Å². The second-order valence-corrected chi connectivity index (χ2v) is 5.66. The predicted octanol–water partition coefficient (Wildman–Crippen LogP) is 3.05. The van der Waals surface area contributed by atoms with Gasteiger partial charge in [0, 0.05) is 22.6 Å². The first-order chi connectivity index (χ1) is 8.66. The van der Waals surface area contributed by atoms with Crippen LogP contribution in [-0.4, -0.2) is 25.0 Å². The van der Waals surface area contributed by atoms with Crippen molar-refractivity contribution in [2.45, 2.75) is 32.2 Å². The summed E-state index contributed by atoms with van der Waals surface area (Å²) in [5, 5.41) is 6.41. The third kappa shape index (κ3) is 4.79. The van der Waals surface area contributed by atoms with Gasteiger partial charge in [0.25, 0.3) is 5.91 Å². The molecule has 0 saturated carbocycles. The molecule has 1 saturated heterocycles. The van der Waals surface area contributed by atoms with E-state index in [0.29, 0.717) is 6.04 Å². The summed E-state index contributed by atoms with van der Waals surface area (Å²) in [7, 11) is 0. The van der Waals surface area contributed by atoms with Crippen LogP contribution in [0, 0.1) is 6.92 Å². The van der Waals surface area contributed by atoms with Gasteiger partial charge < -0.3 is 10.6 Å². The summed E-state index contributed by atoms with van der Waals surface area (Å²) < 4.78 is 1.04. The predicted molar refractivity (Wildman–Crippen MR) is 84.1 cm³/mol. The van der Waals surface area contributed by atoms with Gasteiger partial charge in [-0.2, -0.15) is 0 Å². The lowest BCUT2D eigenvalue weighted by molar-refractivity contribution is 0.0952. The molecule has 0 radical (unpaired) electrons. The second-order valence-electron chi connectivity index (χ2n) is 4.80. The van der Waals surface area contributed by atoms with Gasteiger partial charge in [-0.25, -0.2) is 0 Å². The average molecular weight is 348 g/mol. The molecule has 0 spiro atoms. The number of benzene rings is 1. The average Bonchev–Trinajstić information content (AvgIpc) is 2.85. The molecule has 2 rings (SSSR count). The largest absolute Gasteiger partial charge is 0.352 e. The number of nitrogens with one attached hydrogen (secondary N) is 2. The van der Waals surface area contributed by atoms with Gasteiger partial charge in [0.1, 0.15) is 0 Å². The molecular weight excluding hydrogens is 328 g/mol. The van der Waals surface area contributed by atoms with Crippen molar-refractivity contribution >= 4 is 34.2 Å². The molecule has 5 heteroatoms. The van der Waals surface area contributed by atoms with Gasteiger partial charge in [-0.15, -0.1) is 12.4 Å². The van der Waals surface area contributed by atoms with E-state index >= 15 is 0 Å². The van der Waals surface area contributed by atoms with Crippen LogP contribution in [0.1, 0.15) is 35.2 Å². The van der Waals surface area contributed by atoms with Crippen LogP contribution < -0.4 is 10.6 Å². The summed E-state index contributed by atoms with van der Waals surface area (Å²) >= 11 is 3.44. The van der Waals surface area contributed by atoms with Gasteiger partial charge in [-0.05, 0) is 56.5 Å². The van der Waals surface area contributed by atoms with Crippen LogP contribution in [0.2, 0.25) is 0 Å². The van der Waals surface area contributed by atoms with Crippen LogP contribution in [0.3, 0.4) is 0 Å². The highest BCUT2D eigenvalue weighted by Gasteiger charge is 2.14. The molecule has 0 bridgehead atoms. The van der Waals surface area contributed by atoms with E-state index in [1.807, 2.05) is 25.1 Å². The minimum Gasteiger partial charge on any atom is -0.352 e. The molecule has 106 valence electrons. The molecule has 1 amide bonds. The Kier molecular flexibility index (Phi) is 6.83. The number of rotatable bonds is 4. The SMILES string of the molecule is Cc1cc(C(=O)NCC[C@H]2CCCN2)ccc1Br.Cl. The van der Waals surface area contributed by atoms with Crippen molar-refractivity contribution in [1.29, 1.82) is 0 Å². The number of aryl methyl sites for hydroxylation is 1. The Morgan fingerprint density at radius 2 is 2.32 bits per heavy atom. The zero-order valence-corrected chi connectivity index (χ0v) is 13.4. The Morgan fingerprint density at radius 1 is 1.53 bits per heavy atom. The normalized spacial score (nSPS) is 17.9. The van der Waals surface area contributed by atoms with Crippen LogP contribution in [0.5, 0.6) is 0 Å². The van der Waals surface area contributed by atoms with Gasteiger partial charge in [-0.1, -0.05) is 15.9 Å². The summed E-state index contributed by atoms with van der Waals surface area (Å²) in [6.45, 7) is 3.85. The molecule has 2 N–H and O–H groups in total. The molecule has 0 aromatic heterocycles. The van der Waals surface area contributed by atoms with Crippen molar-refractivity contribution in [3.05, 3.63) is 33.8 Å². The van der Waals surface area contributed by atoms with Crippen LogP contribution in [0.15, 0.2) is 22.7 Å². The van der Waals surface area contributed by atoms with E-state index in [4.69, 9.17) is 0 Å². The minimum absolute atomic E-state index is 0. The highest BCUT2D eigenvalue weighted by Crippen LogP contribution is 2.17. The molecule has 1 aliphatic rings. The van der Waals surface area contributed by atoms with E-state index in [1.165, 1.54) is 12.8 Å². The number of hydrogen-bond acceptors (Lipinski definition) is 2. The van der Waals surface area contributed by atoms with Gasteiger partial charge in [-0.3, -0.25) is 4.79 Å². The Labute approximate surface area is 129 Å². The molecule has 1 heterocycles. The lowest BCUT2D eigenvalue weighted by Gasteiger charge is -2.11. The topological polar surface area (TPSA) is 41.1 Å². The summed E-state index contributed by atoms with van der Waals surface area (Å²) in [5.41, 5.74) is 1.81. The van der Waals surface area contributed by atoms with Crippen LogP contribution in [-0.2, 0) is 0 Å². The fourth-order valence-corrected chi connectivity index (χ4v) is 2.50. The fraction of sp³-hybridized carbons (Fsp3) is 0.500. The van der Waals surface area contributed by atoms with Gasteiger partial charge in [0.15, 0.2) is 0 Å². The summed E-state index contributed by atoms with van der Waals surface area (Å²) in [5.74, 6) is 0.0172. The quantitative estimate of drug-likeness (QED) is 0.879. The van der Waals surface area contributed by atoms with Crippen molar-refractivity contribution in [3.8, 4) is 0 Å². The first-order valence-corrected chi connectivity index (χ1v) is 7.24. The standard InChI is InChI=1S/C14H19BrN2O.ClH/c1-10-9-11(4-5-13(10)15)14(18)17-8-6-12-3-2-7-16-12;/h4-5,9,12,16H,2-3,6-8H2,1H3,(H,17,18);1H/t12-;/m1./s1.